The Morgan fingerprint density at radius 2 is 1.81 bits per heavy atom. The number of rotatable bonds is 4. The van der Waals surface area contributed by atoms with E-state index >= 15 is 0 Å². The lowest BCUT2D eigenvalue weighted by Gasteiger charge is -2.12. The third kappa shape index (κ3) is 4.08. The molecule has 1 aliphatic rings. The molecule has 136 valence electrons. The van der Waals surface area contributed by atoms with Gasteiger partial charge in [0.05, 0.1) is 4.90 Å². The summed E-state index contributed by atoms with van der Waals surface area (Å²) in [7, 11) is -4.03. The van der Waals surface area contributed by atoms with Gasteiger partial charge in [-0.1, -0.05) is 24.3 Å². The first-order chi connectivity index (χ1) is 12.3. The van der Waals surface area contributed by atoms with Gasteiger partial charge in [0, 0.05) is 11.4 Å². The van der Waals surface area contributed by atoms with E-state index in [0.29, 0.717) is 17.0 Å². The molecule has 1 heterocycles. The summed E-state index contributed by atoms with van der Waals surface area (Å²) in [6.45, 7) is 3.53. The number of urea groups is 1. The molecule has 2 aromatic rings. The second-order valence-electron chi connectivity index (χ2n) is 6.15. The minimum Gasteiger partial charge on any atom is -0.275 e. The summed E-state index contributed by atoms with van der Waals surface area (Å²) in [5.41, 5.74) is 2.97. The zero-order valence-corrected chi connectivity index (χ0v) is 15.4. The molecule has 2 N–H and O–H groups in total. The molecular weight excluding hydrogens is 352 g/mol. The number of hydrogen-bond donors (Lipinski definition) is 2. The monoisotopic (exact) mass is 372 g/mol. The number of sulfonamides is 1. The first kappa shape index (κ1) is 18.1. The molecule has 0 bridgehead atoms. The maximum atomic E-state index is 12.7. The number of anilines is 1. The van der Waals surface area contributed by atoms with Crippen molar-refractivity contribution in [1.29, 1.82) is 0 Å². The quantitative estimate of drug-likeness (QED) is 0.858. The molecule has 1 aliphatic carbocycles. The number of nitrogens with zero attached hydrogens (tertiary/aromatic N) is 2. The molecule has 0 fully saturated rings. The molecule has 0 aliphatic heterocycles. The van der Waals surface area contributed by atoms with Crippen LogP contribution in [-0.2, 0) is 10.0 Å². The highest BCUT2D eigenvalue weighted by Gasteiger charge is 2.23. The lowest BCUT2D eigenvalue weighted by Crippen LogP contribution is -2.35. The molecule has 7 nitrogen and oxygen atoms in total. The fraction of sp³-hybridized carbons (Fsp3) is 0.278. The van der Waals surface area contributed by atoms with E-state index in [-0.39, 0.29) is 10.8 Å². The van der Waals surface area contributed by atoms with Gasteiger partial charge in [-0.2, -0.15) is 0 Å². The Morgan fingerprint density at radius 1 is 1.12 bits per heavy atom. The first-order valence-corrected chi connectivity index (χ1v) is 9.78. The van der Waals surface area contributed by atoms with Crippen LogP contribution in [0.15, 0.2) is 41.3 Å². The summed E-state index contributed by atoms with van der Waals surface area (Å²) >= 11 is 0. The summed E-state index contributed by atoms with van der Waals surface area (Å²) in [4.78, 5) is 20.4. The Balaban J connectivity index is 1.82. The van der Waals surface area contributed by atoms with E-state index in [1.807, 2.05) is 10.8 Å². The molecule has 0 radical (unpaired) electrons. The Labute approximate surface area is 152 Å². The van der Waals surface area contributed by atoms with Gasteiger partial charge in [0.1, 0.15) is 0 Å². The van der Waals surface area contributed by atoms with Crippen LogP contribution in [0.5, 0.6) is 0 Å². The molecule has 0 spiro atoms. The van der Waals surface area contributed by atoms with E-state index in [9.17, 15) is 13.2 Å². The number of amides is 2. The predicted molar refractivity (Wildman–Crippen MR) is 99.1 cm³/mol. The SMILES string of the molecule is Cc1cc(C)nc(NC(=O)NS(=O)(=O)c2ccccc2C2=CCCC2)n1. The van der Waals surface area contributed by atoms with Gasteiger partial charge >= 0.3 is 6.03 Å². The Kier molecular flexibility index (Phi) is 5.03. The lowest BCUT2D eigenvalue weighted by molar-refractivity contribution is 0.256. The van der Waals surface area contributed by atoms with Crippen molar-refractivity contribution in [2.24, 2.45) is 0 Å². The molecule has 2 amide bonds. The van der Waals surface area contributed by atoms with E-state index in [1.54, 1.807) is 38.1 Å². The van der Waals surface area contributed by atoms with Gasteiger partial charge < -0.3 is 0 Å². The van der Waals surface area contributed by atoms with E-state index in [1.165, 1.54) is 6.07 Å². The molecule has 1 aromatic carbocycles. The molecule has 1 aromatic heterocycles. The normalized spacial score (nSPS) is 14.0. The summed E-state index contributed by atoms with van der Waals surface area (Å²) in [5, 5.41) is 2.37. The molecule has 0 atom stereocenters. The molecule has 8 heteroatoms. The van der Waals surface area contributed by atoms with Crippen LogP contribution in [0.25, 0.3) is 5.57 Å². The second-order valence-corrected chi connectivity index (χ2v) is 7.80. The topological polar surface area (TPSA) is 101 Å². The third-order valence-corrected chi connectivity index (χ3v) is 5.39. The summed E-state index contributed by atoms with van der Waals surface area (Å²) in [6, 6.07) is 7.54. The van der Waals surface area contributed by atoms with Crippen molar-refractivity contribution in [2.45, 2.75) is 38.0 Å². The van der Waals surface area contributed by atoms with Crippen molar-refractivity contribution < 1.29 is 13.2 Å². The average Bonchev–Trinajstić information content (AvgIpc) is 3.07. The minimum atomic E-state index is -4.03. The fourth-order valence-electron chi connectivity index (χ4n) is 2.97. The number of hydrogen-bond acceptors (Lipinski definition) is 5. The van der Waals surface area contributed by atoms with E-state index < -0.39 is 16.1 Å². The zero-order chi connectivity index (χ0) is 18.7. The molecular formula is C18H20N4O3S. The number of carbonyl (C=O) groups excluding carboxylic acids is 1. The van der Waals surface area contributed by atoms with Crippen LogP contribution in [0, 0.1) is 13.8 Å². The van der Waals surface area contributed by atoms with E-state index in [2.05, 4.69) is 15.3 Å². The highest BCUT2D eigenvalue weighted by atomic mass is 32.2. The van der Waals surface area contributed by atoms with Gasteiger partial charge in [-0.3, -0.25) is 5.32 Å². The van der Waals surface area contributed by atoms with Crippen molar-refractivity contribution in [3.8, 4) is 0 Å². The molecule has 0 unspecified atom stereocenters. The lowest BCUT2D eigenvalue weighted by atomic mass is 10.1. The largest absolute Gasteiger partial charge is 0.335 e. The van der Waals surface area contributed by atoms with Gasteiger partial charge in [0.25, 0.3) is 10.0 Å². The van der Waals surface area contributed by atoms with Gasteiger partial charge in [-0.15, -0.1) is 0 Å². The standard InChI is InChI=1S/C18H20N4O3S/c1-12-11-13(2)20-17(19-12)21-18(23)22-26(24,25)16-10-6-5-9-15(16)14-7-3-4-8-14/h5-7,9-11H,3-4,8H2,1-2H3,(H2,19,20,21,22,23). The van der Waals surface area contributed by atoms with Crippen molar-refractivity contribution in [1.82, 2.24) is 14.7 Å². The van der Waals surface area contributed by atoms with Gasteiger partial charge in [-0.05, 0) is 56.4 Å². The van der Waals surface area contributed by atoms with E-state index in [4.69, 9.17) is 0 Å². The average molecular weight is 372 g/mol. The number of benzene rings is 1. The Morgan fingerprint density at radius 3 is 2.46 bits per heavy atom. The number of aryl methyl sites for hydroxylation is 2. The molecule has 0 saturated carbocycles. The highest BCUT2D eigenvalue weighted by Crippen LogP contribution is 2.31. The van der Waals surface area contributed by atoms with Crippen molar-refractivity contribution in [3.05, 3.63) is 53.4 Å². The Bertz CT molecular complexity index is 963. The maximum absolute atomic E-state index is 12.7. The van der Waals surface area contributed by atoms with Crippen LogP contribution in [0.2, 0.25) is 0 Å². The number of nitrogens with one attached hydrogen (secondary N) is 2. The van der Waals surface area contributed by atoms with Crippen molar-refractivity contribution in [3.63, 3.8) is 0 Å². The van der Waals surface area contributed by atoms with Crippen molar-refractivity contribution >= 4 is 27.6 Å². The Hall–Kier alpha value is -2.74. The van der Waals surface area contributed by atoms with Crippen LogP contribution in [0.3, 0.4) is 0 Å². The second kappa shape index (κ2) is 7.25. The van der Waals surface area contributed by atoms with Crippen LogP contribution in [0.1, 0.15) is 36.2 Å². The molecule has 26 heavy (non-hydrogen) atoms. The number of carbonyl (C=O) groups is 1. The van der Waals surface area contributed by atoms with Crippen LogP contribution >= 0.6 is 0 Å². The first-order valence-electron chi connectivity index (χ1n) is 8.30. The van der Waals surface area contributed by atoms with Gasteiger partial charge in [-0.25, -0.2) is 27.9 Å². The predicted octanol–water partition coefficient (Wildman–Crippen LogP) is 3.17. The van der Waals surface area contributed by atoms with Gasteiger partial charge in [0.2, 0.25) is 5.95 Å². The molecule has 0 saturated heterocycles. The van der Waals surface area contributed by atoms with Crippen LogP contribution in [-0.4, -0.2) is 24.4 Å². The molecule has 3 rings (SSSR count). The number of allylic oxidation sites excluding steroid dienone is 2. The van der Waals surface area contributed by atoms with E-state index in [0.717, 1.165) is 24.8 Å². The highest BCUT2D eigenvalue weighted by molar-refractivity contribution is 7.90. The third-order valence-electron chi connectivity index (χ3n) is 4.00. The van der Waals surface area contributed by atoms with Gasteiger partial charge in [0.15, 0.2) is 0 Å². The maximum Gasteiger partial charge on any atom is 0.335 e. The summed E-state index contributed by atoms with van der Waals surface area (Å²) in [5.74, 6) is 0.0574. The summed E-state index contributed by atoms with van der Waals surface area (Å²) in [6.07, 6.45) is 4.80. The van der Waals surface area contributed by atoms with Crippen molar-refractivity contribution in [2.75, 3.05) is 5.32 Å². The van der Waals surface area contributed by atoms with Crippen LogP contribution in [0.4, 0.5) is 10.7 Å². The van der Waals surface area contributed by atoms with Crippen LogP contribution < -0.4 is 10.0 Å². The summed E-state index contributed by atoms with van der Waals surface area (Å²) < 4.78 is 27.4. The smallest absolute Gasteiger partial charge is 0.275 e. The minimum absolute atomic E-state index is 0.0574. The fourth-order valence-corrected chi connectivity index (χ4v) is 4.12. The number of aromatic nitrogens is 2. The zero-order valence-electron chi connectivity index (χ0n) is 14.6.